The molecule has 0 aromatic carbocycles. The van der Waals surface area contributed by atoms with E-state index in [-0.39, 0.29) is 0 Å². The molecule has 0 spiro atoms. The van der Waals surface area contributed by atoms with E-state index in [1.807, 2.05) is 19.9 Å². The van der Waals surface area contributed by atoms with Gasteiger partial charge >= 0.3 is 0 Å². The van der Waals surface area contributed by atoms with E-state index in [0.717, 1.165) is 17.3 Å². The van der Waals surface area contributed by atoms with Crippen LogP contribution in [0.1, 0.15) is 17.3 Å². The van der Waals surface area contributed by atoms with E-state index in [9.17, 15) is 0 Å². The summed E-state index contributed by atoms with van der Waals surface area (Å²) in [5, 5.41) is 8.04. The lowest BCUT2D eigenvalue weighted by Crippen LogP contribution is -2.04. The molecule has 0 amide bonds. The number of aryl methyl sites for hydroxylation is 2. The van der Waals surface area contributed by atoms with E-state index >= 15 is 0 Å². The van der Waals surface area contributed by atoms with Crippen LogP contribution in [0.15, 0.2) is 15.3 Å². The highest BCUT2D eigenvalue weighted by Crippen LogP contribution is 2.08. The van der Waals surface area contributed by atoms with Gasteiger partial charge in [-0.25, -0.2) is 9.67 Å². The molecule has 0 saturated heterocycles. The van der Waals surface area contributed by atoms with Crippen molar-refractivity contribution in [3.8, 4) is 0 Å². The molecule has 0 N–H and O–H groups in total. The monoisotopic (exact) mass is 256 g/mol. The van der Waals surface area contributed by atoms with Gasteiger partial charge in [0.05, 0.1) is 6.54 Å². The molecule has 0 aliphatic carbocycles. The molecular weight excluding hydrogens is 248 g/mol. The lowest BCUT2D eigenvalue weighted by atomic mass is 10.4. The van der Waals surface area contributed by atoms with Crippen LogP contribution in [0.25, 0.3) is 0 Å². The Balaban J connectivity index is 2.22. The lowest BCUT2D eigenvalue weighted by Gasteiger charge is -1.97. The summed E-state index contributed by atoms with van der Waals surface area (Å²) in [5.74, 6) is 1.65. The summed E-state index contributed by atoms with van der Waals surface area (Å²) < 4.78 is 7.32. The van der Waals surface area contributed by atoms with E-state index in [2.05, 4.69) is 31.2 Å². The van der Waals surface area contributed by atoms with Crippen LogP contribution in [0, 0.1) is 13.8 Å². The molecule has 0 aliphatic heterocycles. The summed E-state index contributed by atoms with van der Waals surface area (Å²) in [5.41, 5.74) is 0.850. The number of hydrogen-bond donors (Lipinski definition) is 0. The van der Waals surface area contributed by atoms with Crippen LogP contribution in [0.2, 0.25) is 0 Å². The number of nitrogens with zero attached hydrogens (tertiary/aromatic N) is 4. The number of halogens is 1. The third-order valence-corrected chi connectivity index (χ3v) is 2.16. The molecular formula is C8H9BrN4O. The molecule has 0 unspecified atom stereocenters. The summed E-state index contributed by atoms with van der Waals surface area (Å²) >= 11 is 3.21. The summed E-state index contributed by atoms with van der Waals surface area (Å²) in [6.07, 6.45) is 0. The minimum atomic E-state index is 0.585. The Labute approximate surface area is 89.2 Å². The van der Waals surface area contributed by atoms with Gasteiger partial charge in [-0.05, 0) is 29.8 Å². The average Bonchev–Trinajstić information content (AvgIpc) is 2.61. The largest absolute Gasteiger partial charge is 0.361 e. The molecule has 0 saturated carbocycles. The van der Waals surface area contributed by atoms with Gasteiger partial charge in [-0.1, -0.05) is 5.16 Å². The van der Waals surface area contributed by atoms with Gasteiger partial charge < -0.3 is 4.52 Å². The Morgan fingerprint density at radius 2 is 2.29 bits per heavy atom. The topological polar surface area (TPSA) is 56.7 Å². The van der Waals surface area contributed by atoms with Crippen LogP contribution in [0.5, 0.6) is 0 Å². The highest BCUT2D eigenvalue weighted by Gasteiger charge is 2.06. The molecule has 2 aromatic heterocycles. The maximum atomic E-state index is 4.96. The summed E-state index contributed by atoms with van der Waals surface area (Å²) in [7, 11) is 0. The first-order valence-corrected chi connectivity index (χ1v) is 4.93. The second-order valence-electron chi connectivity index (χ2n) is 3.01. The van der Waals surface area contributed by atoms with Crippen molar-refractivity contribution in [3.63, 3.8) is 0 Å². The fourth-order valence-electron chi connectivity index (χ4n) is 1.18. The third kappa shape index (κ3) is 1.84. The molecule has 5 nitrogen and oxygen atoms in total. The Morgan fingerprint density at radius 3 is 2.79 bits per heavy atom. The Hall–Kier alpha value is -1.17. The van der Waals surface area contributed by atoms with Gasteiger partial charge in [-0.3, -0.25) is 0 Å². The highest BCUT2D eigenvalue weighted by molar-refractivity contribution is 9.10. The van der Waals surface area contributed by atoms with Crippen LogP contribution in [-0.2, 0) is 6.54 Å². The Bertz CT molecular complexity index is 448. The molecule has 2 rings (SSSR count). The van der Waals surface area contributed by atoms with E-state index in [0.29, 0.717) is 11.3 Å². The third-order valence-electron chi connectivity index (χ3n) is 1.82. The molecule has 0 radical (unpaired) electrons. The SMILES string of the molecule is Cc1cc(Cn2nc(Br)nc2C)no1. The molecule has 0 aliphatic rings. The maximum absolute atomic E-state index is 4.96. The van der Waals surface area contributed by atoms with Gasteiger partial charge in [0.15, 0.2) is 0 Å². The Morgan fingerprint density at radius 1 is 1.50 bits per heavy atom. The zero-order valence-electron chi connectivity index (χ0n) is 7.86. The van der Waals surface area contributed by atoms with Crippen LogP contribution < -0.4 is 0 Å². The van der Waals surface area contributed by atoms with Gasteiger partial charge in [0.1, 0.15) is 17.3 Å². The molecule has 74 valence electrons. The summed E-state index contributed by atoms with van der Waals surface area (Å²) in [6, 6.07) is 1.88. The molecule has 2 heterocycles. The number of aromatic nitrogens is 4. The number of rotatable bonds is 2. The minimum absolute atomic E-state index is 0.585. The predicted octanol–water partition coefficient (Wildman–Crippen LogP) is 1.69. The number of hydrogen-bond acceptors (Lipinski definition) is 4. The van der Waals surface area contributed by atoms with Crippen molar-refractivity contribution in [1.29, 1.82) is 0 Å². The van der Waals surface area contributed by atoms with Crippen molar-refractivity contribution < 1.29 is 4.52 Å². The van der Waals surface area contributed by atoms with Crippen LogP contribution in [-0.4, -0.2) is 19.9 Å². The lowest BCUT2D eigenvalue weighted by molar-refractivity contribution is 0.387. The molecule has 2 aromatic rings. The van der Waals surface area contributed by atoms with E-state index in [1.165, 1.54) is 0 Å². The molecule has 6 heteroatoms. The fraction of sp³-hybridized carbons (Fsp3) is 0.375. The zero-order chi connectivity index (χ0) is 10.1. The molecule has 0 fully saturated rings. The van der Waals surface area contributed by atoms with E-state index < -0.39 is 0 Å². The molecule has 14 heavy (non-hydrogen) atoms. The first-order chi connectivity index (χ1) is 6.65. The first-order valence-electron chi connectivity index (χ1n) is 4.14. The predicted molar refractivity (Wildman–Crippen MR) is 52.8 cm³/mol. The van der Waals surface area contributed by atoms with Crippen molar-refractivity contribution >= 4 is 15.9 Å². The summed E-state index contributed by atoms with van der Waals surface area (Å²) in [6.45, 7) is 4.34. The normalized spacial score (nSPS) is 10.8. The highest BCUT2D eigenvalue weighted by atomic mass is 79.9. The quantitative estimate of drug-likeness (QED) is 0.821. The van der Waals surface area contributed by atoms with Crippen molar-refractivity contribution in [2.24, 2.45) is 0 Å². The standard InChI is InChI=1S/C8H9BrN4O/c1-5-3-7(12-14-5)4-13-6(2)10-8(9)11-13/h3H,4H2,1-2H3. The molecule has 0 bridgehead atoms. The smallest absolute Gasteiger partial charge is 0.217 e. The average molecular weight is 257 g/mol. The summed E-state index contributed by atoms with van der Waals surface area (Å²) in [4.78, 5) is 4.12. The van der Waals surface area contributed by atoms with Gasteiger partial charge in [0.25, 0.3) is 0 Å². The van der Waals surface area contributed by atoms with Crippen LogP contribution in [0.3, 0.4) is 0 Å². The van der Waals surface area contributed by atoms with Crippen molar-refractivity contribution in [2.75, 3.05) is 0 Å². The second kappa shape index (κ2) is 3.53. The fourth-order valence-corrected chi connectivity index (χ4v) is 1.63. The van der Waals surface area contributed by atoms with Crippen LogP contribution >= 0.6 is 15.9 Å². The van der Waals surface area contributed by atoms with Gasteiger partial charge in [0.2, 0.25) is 4.73 Å². The van der Waals surface area contributed by atoms with E-state index in [4.69, 9.17) is 4.52 Å². The van der Waals surface area contributed by atoms with Gasteiger partial charge in [0, 0.05) is 6.07 Å². The van der Waals surface area contributed by atoms with Crippen molar-refractivity contribution in [1.82, 2.24) is 19.9 Å². The second-order valence-corrected chi connectivity index (χ2v) is 3.72. The van der Waals surface area contributed by atoms with Gasteiger partial charge in [-0.2, -0.15) is 0 Å². The first kappa shape index (κ1) is 9.39. The minimum Gasteiger partial charge on any atom is -0.361 e. The molecule has 0 atom stereocenters. The van der Waals surface area contributed by atoms with Gasteiger partial charge in [-0.15, -0.1) is 5.10 Å². The van der Waals surface area contributed by atoms with Crippen LogP contribution in [0.4, 0.5) is 0 Å². The Kier molecular flexibility index (Phi) is 2.37. The maximum Gasteiger partial charge on any atom is 0.217 e. The van der Waals surface area contributed by atoms with E-state index in [1.54, 1.807) is 4.68 Å². The van der Waals surface area contributed by atoms with Crippen molar-refractivity contribution in [2.45, 2.75) is 20.4 Å². The van der Waals surface area contributed by atoms with Crippen molar-refractivity contribution in [3.05, 3.63) is 28.1 Å². The zero-order valence-corrected chi connectivity index (χ0v) is 9.45.